The molecule has 1 fully saturated rings. The van der Waals surface area contributed by atoms with Gasteiger partial charge in [0.05, 0.1) is 16.1 Å². The van der Waals surface area contributed by atoms with Crippen LogP contribution < -0.4 is 11.3 Å². The van der Waals surface area contributed by atoms with Gasteiger partial charge in [-0.05, 0) is 55.7 Å². The van der Waals surface area contributed by atoms with Crippen LogP contribution in [0.15, 0.2) is 43.2 Å². The molecule has 0 unspecified atom stereocenters. The number of nitrogens with zero attached hydrogens (tertiary/aromatic N) is 3. The number of piperidine rings is 1. The third-order valence-corrected chi connectivity index (χ3v) is 7.95. The van der Waals surface area contributed by atoms with Gasteiger partial charge in [0.1, 0.15) is 0 Å². The quantitative estimate of drug-likeness (QED) is 0.666. The molecule has 0 atom stereocenters. The highest BCUT2D eigenvalue weighted by Crippen LogP contribution is 2.26. The van der Waals surface area contributed by atoms with E-state index in [4.69, 9.17) is 4.42 Å². The number of hydrogen-bond acceptors (Lipinski definition) is 6. The van der Waals surface area contributed by atoms with Crippen molar-refractivity contribution in [3.8, 4) is 0 Å². The van der Waals surface area contributed by atoms with Crippen LogP contribution in [0.2, 0.25) is 0 Å². The van der Waals surface area contributed by atoms with Crippen LogP contribution in [-0.4, -0.2) is 40.6 Å². The SMILES string of the molecule is O=c1[nH]c2ccc(S(=O)(=O)N3CCC(Cn4nc5c(cc4=O)CCC5)CC3)cc2o1. The molecule has 0 bridgehead atoms. The van der Waals surface area contributed by atoms with Crippen LogP contribution in [0.3, 0.4) is 0 Å². The van der Waals surface area contributed by atoms with Crippen molar-refractivity contribution < 1.29 is 12.8 Å². The Labute approximate surface area is 172 Å². The largest absolute Gasteiger partial charge is 0.417 e. The van der Waals surface area contributed by atoms with Crippen molar-refractivity contribution in [1.82, 2.24) is 19.1 Å². The summed E-state index contributed by atoms with van der Waals surface area (Å²) < 4.78 is 34.0. The van der Waals surface area contributed by atoms with E-state index < -0.39 is 15.8 Å². The fourth-order valence-electron chi connectivity index (χ4n) is 4.38. The molecule has 1 saturated heterocycles. The lowest BCUT2D eigenvalue weighted by molar-refractivity contribution is 0.244. The van der Waals surface area contributed by atoms with Crippen LogP contribution in [0.5, 0.6) is 0 Å². The number of H-pyrrole nitrogens is 1. The summed E-state index contributed by atoms with van der Waals surface area (Å²) in [6.07, 6.45) is 4.20. The molecule has 10 heteroatoms. The monoisotopic (exact) mass is 430 g/mol. The summed E-state index contributed by atoms with van der Waals surface area (Å²) in [5.74, 6) is -0.415. The van der Waals surface area contributed by atoms with Gasteiger partial charge in [0.25, 0.3) is 5.56 Å². The Bertz CT molecular complexity index is 1330. The second kappa shape index (κ2) is 7.21. The van der Waals surface area contributed by atoms with Crippen molar-refractivity contribution in [3.05, 3.63) is 56.4 Å². The second-order valence-corrected chi connectivity index (χ2v) is 9.95. The van der Waals surface area contributed by atoms with Crippen molar-refractivity contribution in [2.45, 2.75) is 43.5 Å². The molecule has 2 aliphatic rings. The number of rotatable bonds is 4. The Kier molecular flexibility index (Phi) is 4.62. The van der Waals surface area contributed by atoms with E-state index in [1.54, 1.807) is 10.7 Å². The molecule has 0 spiro atoms. The van der Waals surface area contributed by atoms with Crippen molar-refractivity contribution in [2.24, 2.45) is 5.92 Å². The number of aromatic amines is 1. The zero-order valence-corrected chi connectivity index (χ0v) is 17.2. The highest BCUT2D eigenvalue weighted by atomic mass is 32.2. The van der Waals surface area contributed by atoms with Crippen LogP contribution in [0.25, 0.3) is 11.1 Å². The zero-order valence-electron chi connectivity index (χ0n) is 16.3. The Morgan fingerprint density at radius 3 is 2.73 bits per heavy atom. The minimum atomic E-state index is -3.68. The summed E-state index contributed by atoms with van der Waals surface area (Å²) in [4.78, 5) is 26.2. The Balaban J connectivity index is 1.29. The first-order valence-corrected chi connectivity index (χ1v) is 11.6. The molecule has 0 amide bonds. The molecule has 1 aliphatic heterocycles. The number of nitrogens with one attached hydrogen (secondary N) is 1. The van der Waals surface area contributed by atoms with Crippen LogP contribution in [0.4, 0.5) is 0 Å². The number of aryl methyl sites for hydroxylation is 2. The topological polar surface area (TPSA) is 118 Å². The minimum absolute atomic E-state index is 0.0769. The molecule has 1 N–H and O–H groups in total. The number of benzene rings is 1. The fourth-order valence-corrected chi connectivity index (χ4v) is 5.87. The van der Waals surface area contributed by atoms with E-state index in [0.717, 1.165) is 30.5 Å². The zero-order chi connectivity index (χ0) is 20.9. The van der Waals surface area contributed by atoms with Gasteiger partial charge in [0.2, 0.25) is 10.0 Å². The average molecular weight is 430 g/mol. The van der Waals surface area contributed by atoms with Gasteiger partial charge in [0, 0.05) is 31.8 Å². The number of fused-ring (bicyclic) bond motifs is 2. The van der Waals surface area contributed by atoms with Crippen molar-refractivity contribution in [1.29, 1.82) is 0 Å². The molecule has 5 rings (SSSR count). The molecule has 30 heavy (non-hydrogen) atoms. The summed E-state index contributed by atoms with van der Waals surface area (Å²) >= 11 is 0. The number of aromatic nitrogens is 3. The first kappa shape index (κ1) is 19.3. The van der Waals surface area contributed by atoms with E-state index in [1.807, 2.05) is 0 Å². The first-order valence-electron chi connectivity index (χ1n) is 10.1. The molecular weight excluding hydrogens is 408 g/mol. The van der Waals surface area contributed by atoms with Gasteiger partial charge in [-0.15, -0.1) is 0 Å². The number of oxazole rings is 1. The van der Waals surface area contributed by atoms with Gasteiger partial charge in [-0.2, -0.15) is 9.40 Å². The maximum atomic E-state index is 13.0. The second-order valence-electron chi connectivity index (χ2n) is 8.01. The highest BCUT2D eigenvalue weighted by Gasteiger charge is 2.30. The summed E-state index contributed by atoms with van der Waals surface area (Å²) in [7, 11) is -3.68. The molecule has 2 aromatic heterocycles. The molecule has 3 heterocycles. The summed E-state index contributed by atoms with van der Waals surface area (Å²) in [6, 6.07) is 6.09. The summed E-state index contributed by atoms with van der Waals surface area (Å²) in [5, 5.41) is 4.53. The Morgan fingerprint density at radius 1 is 1.13 bits per heavy atom. The molecule has 1 aromatic carbocycles. The number of sulfonamides is 1. The first-order chi connectivity index (χ1) is 14.4. The van der Waals surface area contributed by atoms with Crippen LogP contribution >= 0.6 is 0 Å². The Hall–Kier alpha value is -2.72. The lowest BCUT2D eigenvalue weighted by Crippen LogP contribution is -2.40. The van der Waals surface area contributed by atoms with E-state index in [9.17, 15) is 18.0 Å². The number of hydrogen-bond donors (Lipinski definition) is 1. The minimum Gasteiger partial charge on any atom is -0.408 e. The fraction of sp³-hybridized carbons (Fsp3) is 0.450. The van der Waals surface area contributed by atoms with E-state index in [0.29, 0.717) is 38.0 Å². The standard InChI is InChI=1S/C20H22N4O5S/c25-19-10-14-2-1-3-16(14)22-24(19)12-13-6-8-23(9-7-13)30(27,28)15-4-5-17-18(11-15)29-20(26)21-17/h4-5,10-11,13H,1-3,6-9,12H2,(H,21,26). The third kappa shape index (κ3) is 3.39. The molecule has 9 nitrogen and oxygen atoms in total. The molecule has 3 aromatic rings. The normalized spacial score (nSPS) is 18.1. The third-order valence-electron chi connectivity index (χ3n) is 6.06. The molecule has 0 saturated carbocycles. The van der Waals surface area contributed by atoms with Gasteiger partial charge in [-0.3, -0.25) is 9.78 Å². The molecule has 1 aliphatic carbocycles. The van der Waals surface area contributed by atoms with Gasteiger partial charge in [-0.25, -0.2) is 17.9 Å². The molecule has 0 radical (unpaired) electrons. The average Bonchev–Trinajstić information content (AvgIpc) is 3.32. The van der Waals surface area contributed by atoms with Crippen molar-refractivity contribution in [3.63, 3.8) is 0 Å². The van der Waals surface area contributed by atoms with Crippen molar-refractivity contribution >= 4 is 21.1 Å². The maximum Gasteiger partial charge on any atom is 0.417 e. The van der Waals surface area contributed by atoms with Gasteiger partial charge in [0.15, 0.2) is 5.58 Å². The lowest BCUT2D eigenvalue weighted by Gasteiger charge is -2.31. The van der Waals surface area contributed by atoms with E-state index >= 15 is 0 Å². The lowest BCUT2D eigenvalue weighted by atomic mass is 9.98. The van der Waals surface area contributed by atoms with Gasteiger partial charge >= 0.3 is 5.76 Å². The van der Waals surface area contributed by atoms with Crippen LogP contribution in [0.1, 0.15) is 30.5 Å². The summed E-state index contributed by atoms with van der Waals surface area (Å²) in [5.41, 5.74) is 2.68. The Morgan fingerprint density at radius 2 is 1.93 bits per heavy atom. The summed E-state index contributed by atoms with van der Waals surface area (Å²) in [6.45, 7) is 1.27. The van der Waals surface area contributed by atoms with E-state index in [2.05, 4.69) is 10.1 Å². The van der Waals surface area contributed by atoms with Crippen molar-refractivity contribution in [2.75, 3.05) is 13.1 Å². The van der Waals surface area contributed by atoms with Gasteiger partial charge < -0.3 is 4.42 Å². The van der Waals surface area contributed by atoms with Crippen LogP contribution in [0, 0.1) is 5.92 Å². The van der Waals surface area contributed by atoms with Gasteiger partial charge in [-0.1, -0.05) is 0 Å². The molecule has 158 valence electrons. The highest BCUT2D eigenvalue weighted by molar-refractivity contribution is 7.89. The predicted molar refractivity (Wildman–Crippen MR) is 109 cm³/mol. The van der Waals surface area contributed by atoms with Crippen LogP contribution in [-0.2, 0) is 29.4 Å². The van der Waals surface area contributed by atoms with E-state index in [1.165, 1.54) is 22.5 Å². The predicted octanol–water partition coefficient (Wildman–Crippen LogP) is 1.27. The molecular formula is C20H22N4O5S. The maximum absolute atomic E-state index is 13.0. The smallest absolute Gasteiger partial charge is 0.408 e. The van der Waals surface area contributed by atoms with E-state index in [-0.39, 0.29) is 22.0 Å².